The zero-order valence-electron chi connectivity index (χ0n) is 31.2. The van der Waals surface area contributed by atoms with Crippen LogP contribution in [0.25, 0.3) is 21.9 Å². The topological polar surface area (TPSA) is 103 Å². The number of furan rings is 1. The van der Waals surface area contributed by atoms with Gasteiger partial charge in [-0.2, -0.15) is 5.26 Å². The number of carbonyl (C=O) groups is 3. The number of unbranched alkanes of at least 4 members (excludes halogenated alkanes) is 1. The number of hydrogen-bond donors (Lipinski definition) is 0. The second kappa shape index (κ2) is 17.3. The van der Waals surface area contributed by atoms with Gasteiger partial charge in [-0.25, -0.2) is 4.90 Å². The van der Waals surface area contributed by atoms with Crippen molar-refractivity contribution in [1.29, 1.82) is 5.26 Å². The van der Waals surface area contributed by atoms with Crippen LogP contribution in [0.15, 0.2) is 139 Å². The molecule has 7 aromatic rings. The Morgan fingerprint density at radius 3 is 2.03 bits per heavy atom. The highest BCUT2D eigenvalue weighted by Gasteiger charge is 2.29. The number of aryl methyl sites for hydroxylation is 1. The minimum Gasteiger partial charge on any atom is -0.451 e. The number of imide groups is 1. The van der Waals surface area contributed by atoms with Gasteiger partial charge in [0.15, 0.2) is 5.76 Å². The highest BCUT2D eigenvalue weighted by atomic mass is 79.9. The first-order valence-electron chi connectivity index (χ1n) is 18.9. The van der Waals surface area contributed by atoms with Gasteiger partial charge in [0, 0.05) is 73.4 Å². The third-order valence-electron chi connectivity index (χ3n) is 10.5. The molecule has 0 N–H and O–H groups in total. The Labute approximate surface area is 360 Å². The molecule has 0 bridgehead atoms. The molecule has 1 aliphatic heterocycles. The minimum atomic E-state index is -0.548. The molecule has 3 heterocycles. The van der Waals surface area contributed by atoms with Crippen LogP contribution in [0.4, 0.5) is 11.4 Å². The SMILES string of the molecule is N#Cc1ccc2c(c1)c(CCCCN1CCN(c3ccc4oc(C(=O)N(C(=O)c5ccc(Br)cc5)c5ccc(Br)cc5)cc4c3)CC1)cn2C(=O)c1ccc(Br)cc1. The van der Waals surface area contributed by atoms with E-state index in [9.17, 15) is 19.6 Å². The summed E-state index contributed by atoms with van der Waals surface area (Å²) in [5, 5.41) is 11.3. The average Bonchev–Trinajstić information content (AvgIpc) is 3.85. The first-order valence-corrected chi connectivity index (χ1v) is 21.3. The van der Waals surface area contributed by atoms with Gasteiger partial charge in [-0.15, -0.1) is 0 Å². The van der Waals surface area contributed by atoms with Crippen LogP contribution < -0.4 is 9.80 Å². The van der Waals surface area contributed by atoms with E-state index in [4.69, 9.17) is 4.42 Å². The van der Waals surface area contributed by atoms with Crippen molar-refractivity contribution in [1.82, 2.24) is 9.47 Å². The van der Waals surface area contributed by atoms with Crippen molar-refractivity contribution in [3.05, 3.63) is 163 Å². The van der Waals surface area contributed by atoms with Crippen LogP contribution in [0.2, 0.25) is 0 Å². The van der Waals surface area contributed by atoms with Crippen molar-refractivity contribution in [2.45, 2.75) is 19.3 Å². The fourth-order valence-electron chi connectivity index (χ4n) is 7.43. The summed E-state index contributed by atoms with van der Waals surface area (Å²) in [4.78, 5) is 47.2. The molecule has 8 rings (SSSR count). The van der Waals surface area contributed by atoms with E-state index in [-0.39, 0.29) is 11.7 Å². The lowest BCUT2D eigenvalue weighted by Gasteiger charge is -2.36. The zero-order valence-corrected chi connectivity index (χ0v) is 36.0. The lowest BCUT2D eigenvalue weighted by Crippen LogP contribution is -2.46. The molecule has 2 amide bonds. The quantitative estimate of drug-likeness (QED) is 0.0994. The average molecular weight is 963 g/mol. The van der Waals surface area contributed by atoms with Gasteiger partial charge in [0.2, 0.25) is 0 Å². The predicted molar refractivity (Wildman–Crippen MR) is 238 cm³/mol. The van der Waals surface area contributed by atoms with E-state index in [0.29, 0.717) is 28.0 Å². The number of piperazine rings is 1. The third-order valence-corrected chi connectivity index (χ3v) is 12.1. The van der Waals surface area contributed by atoms with Crippen molar-refractivity contribution >= 4 is 98.8 Å². The Morgan fingerprint density at radius 1 is 0.707 bits per heavy atom. The monoisotopic (exact) mass is 959 g/mol. The van der Waals surface area contributed by atoms with E-state index >= 15 is 0 Å². The van der Waals surface area contributed by atoms with Crippen LogP contribution >= 0.6 is 47.8 Å². The largest absolute Gasteiger partial charge is 0.451 e. The lowest BCUT2D eigenvalue weighted by atomic mass is 10.0. The van der Waals surface area contributed by atoms with Gasteiger partial charge in [0.25, 0.3) is 11.8 Å². The van der Waals surface area contributed by atoms with E-state index < -0.39 is 11.8 Å². The van der Waals surface area contributed by atoms with E-state index in [1.165, 1.54) is 0 Å². The predicted octanol–water partition coefficient (Wildman–Crippen LogP) is 10.9. The summed E-state index contributed by atoms with van der Waals surface area (Å²) >= 11 is 10.3. The van der Waals surface area contributed by atoms with Gasteiger partial charge in [0.1, 0.15) is 5.58 Å². The molecule has 9 nitrogen and oxygen atoms in total. The Hall–Kier alpha value is -5.32. The number of rotatable bonds is 10. The molecular weight excluding hydrogens is 926 g/mol. The van der Waals surface area contributed by atoms with Crippen LogP contribution in [0.3, 0.4) is 0 Å². The maximum Gasteiger partial charge on any atom is 0.301 e. The van der Waals surface area contributed by atoms with E-state index in [1.54, 1.807) is 65.2 Å². The molecule has 290 valence electrons. The molecule has 0 aliphatic carbocycles. The molecule has 1 fully saturated rings. The van der Waals surface area contributed by atoms with Crippen LogP contribution in [0, 0.1) is 11.3 Å². The number of benzene rings is 5. The number of hydrogen-bond acceptors (Lipinski definition) is 7. The molecule has 0 radical (unpaired) electrons. The fourth-order valence-corrected chi connectivity index (χ4v) is 8.22. The Morgan fingerprint density at radius 2 is 1.36 bits per heavy atom. The first kappa shape index (κ1) is 39.5. The van der Waals surface area contributed by atoms with Gasteiger partial charge in [-0.05, 0) is 147 Å². The fraction of sp³-hybridized carbons (Fsp3) is 0.174. The van der Waals surface area contributed by atoms with E-state index in [2.05, 4.69) is 63.7 Å². The van der Waals surface area contributed by atoms with Crippen molar-refractivity contribution in [3.63, 3.8) is 0 Å². The Kier molecular flexibility index (Phi) is 11.8. The Balaban J connectivity index is 0.895. The molecule has 5 aromatic carbocycles. The van der Waals surface area contributed by atoms with Crippen molar-refractivity contribution in [2.24, 2.45) is 0 Å². The van der Waals surface area contributed by atoms with Crippen LogP contribution in [-0.4, -0.2) is 59.9 Å². The molecule has 0 spiro atoms. The smallest absolute Gasteiger partial charge is 0.301 e. The highest BCUT2D eigenvalue weighted by Crippen LogP contribution is 2.30. The maximum atomic E-state index is 14.0. The molecule has 2 aromatic heterocycles. The summed E-state index contributed by atoms with van der Waals surface area (Å²) in [6, 6.07) is 36.7. The number of halogens is 3. The number of amides is 2. The third kappa shape index (κ3) is 8.45. The Bertz CT molecular complexity index is 2690. The standard InChI is InChI=1S/C46H36Br3N5O4/c47-35-9-5-31(6-10-35)44(55)53-29-33(40-25-30(28-50)4-18-41(40)53)3-1-2-20-51-21-23-52(24-22-51)39-17-19-42-34(26-39)27-43(58-42)46(57)54(38-15-13-37(49)14-16-38)45(56)32-7-11-36(48)12-8-32/h4-19,25-27,29H,1-3,20-24H2. The first-order chi connectivity index (χ1) is 28.1. The molecule has 1 saturated heterocycles. The van der Waals surface area contributed by atoms with Crippen LogP contribution in [0.5, 0.6) is 0 Å². The lowest BCUT2D eigenvalue weighted by molar-refractivity contribution is 0.0881. The minimum absolute atomic E-state index is 0.0802. The summed E-state index contributed by atoms with van der Waals surface area (Å²) in [7, 11) is 0. The number of nitrogens with zero attached hydrogens (tertiary/aromatic N) is 5. The zero-order chi connectivity index (χ0) is 40.3. The van der Waals surface area contributed by atoms with Gasteiger partial charge >= 0.3 is 5.91 Å². The summed E-state index contributed by atoms with van der Waals surface area (Å²) in [5.41, 5.74) is 5.49. The molecule has 0 atom stereocenters. The van der Waals surface area contributed by atoms with Gasteiger partial charge < -0.3 is 9.32 Å². The second-order valence-electron chi connectivity index (χ2n) is 14.2. The summed E-state index contributed by atoms with van der Waals surface area (Å²) < 4.78 is 10.3. The number of carbonyl (C=O) groups excluding carboxylic acids is 3. The molecular formula is C46H36Br3N5O4. The van der Waals surface area contributed by atoms with Crippen LogP contribution in [-0.2, 0) is 6.42 Å². The molecule has 12 heteroatoms. The normalized spacial score (nSPS) is 13.2. The summed E-state index contributed by atoms with van der Waals surface area (Å²) in [6.07, 6.45) is 4.70. The summed E-state index contributed by atoms with van der Waals surface area (Å²) in [6.45, 7) is 4.52. The number of anilines is 2. The number of fused-ring (bicyclic) bond motifs is 2. The van der Waals surface area contributed by atoms with Crippen molar-refractivity contribution in [2.75, 3.05) is 42.5 Å². The maximum absolute atomic E-state index is 14.0. The molecule has 0 unspecified atom stereocenters. The highest BCUT2D eigenvalue weighted by molar-refractivity contribution is 9.11. The number of nitriles is 1. The molecule has 0 saturated carbocycles. The van der Waals surface area contributed by atoms with E-state index in [1.807, 2.05) is 60.8 Å². The van der Waals surface area contributed by atoms with Gasteiger partial charge in [-0.1, -0.05) is 47.8 Å². The number of aromatic nitrogens is 1. The van der Waals surface area contributed by atoms with Gasteiger partial charge in [-0.3, -0.25) is 23.9 Å². The van der Waals surface area contributed by atoms with Crippen molar-refractivity contribution < 1.29 is 18.8 Å². The summed E-state index contributed by atoms with van der Waals surface area (Å²) in [5.74, 6) is -1.02. The van der Waals surface area contributed by atoms with Crippen LogP contribution in [0.1, 0.15) is 55.2 Å². The van der Waals surface area contributed by atoms with Crippen molar-refractivity contribution in [3.8, 4) is 6.07 Å². The van der Waals surface area contributed by atoms with E-state index in [0.717, 1.165) is 97.8 Å². The van der Waals surface area contributed by atoms with Gasteiger partial charge in [0.05, 0.1) is 22.8 Å². The molecule has 1 aliphatic rings. The second-order valence-corrected chi connectivity index (χ2v) is 17.0. The molecule has 58 heavy (non-hydrogen) atoms.